The summed E-state index contributed by atoms with van der Waals surface area (Å²) in [5, 5.41) is 2.94. The third kappa shape index (κ3) is 5.19. The largest absolute Gasteiger partial charge is 0.332 e. The first-order valence-corrected chi connectivity index (χ1v) is 9.22. The third-order valence-electron chi connectivity index (χ3n) is 4.67. The SMILES string of the molecule is Cc1cc(C)c(NC(=O)CN(C)C(=O)c2ccc(C(C)(C)C)cc2)c(C)c1. The molecule has 0 saturated carbocycles. The Labute approximate surface area is 162 Å². The van der Waals surface area contributed by atoms with Gasteiger partial charge in [0, 0.05) is 18.3 Å². The van der Waals surface area contributed by atoms with Gasteiger partial charge in [-0.3, -0.25) is 9.59 Å². The molecule has 0 atom stereocenters. The molecule has 4 heteroatoms. The molecule has 0 unspecified atom stereocenters. The Morgan fingerprint density at radius 1 is 0.963 bits per heavy atom. The Hall–Kier alpha value is -2.62. The number of likely N-dealkylation sites (N-methyl/N-ethyl adjacent to an activating group) is 1. The second kappa shape index (κ2) is 7.95. The highest BCUT2D eigenvalue weighted by molar-refractivity contribution is 5.99. The quantitative estimate of drug-likeness (QED) is 0.858. The number of carbonyl (C=O) groups excluding carboxylic acids is 2. The summed E-state index contributed by atoms with van der Waals surface area (Å²) >= 11 is 0. The summed E-state index contributed by atoms with van der Waals surface area (Å²) in [6, 6.07) is 11.7. The van der Waals surface area contributed by atoms with E-state index in [1.807, 2.05) is 57.2 Å². The number of anilines is 1. The van der Waals surface area contributed by atoms with Crippen LogP contribution in [0.2, 0.25) is 0 Å². The van der Waals surface area contributed by atoms with Gasteiger partial charge in [0.25, 0.3) is 5.91 Å². The van der Waals surface area contributed by atoms with Crippen molar-refractivity contribution in [1.29, 1.82) is 0 Å². The van der Waals surface area contributed by atoms with Crippen LogP contribution >= 0.6 is 0 Å². The number of amides is 2. The van der Waals surface area contributed by atoms with Gasteiger partial charge in [0.15, 0.2) is 0 Å². The number of nitrogens with zero attached hydrogens (tertiary/aromatic N) is 1. The average molecular weight is 367 g/mol. The molecule has 1 N–H and O–H groups in total. The van der Waals surface area contributed by atoms with Crippen molar-refractivity contribution in [2.24, 2.45) is 0 Å². The van der Waals surface area contributed by atoms with Gasteiger partial charge in [0.1, 0.15) is 0 Å². The highest BCUT2D eigenvalue weighted by Gasteiger charge is 2.18. The molecule has 2 rings (SSSR count). The number of carbonyl (C=O) groups is 2. The Morgan fingerprint density at radius 2 is 1.48 bits per heavy atom. The van der Waals surface area contributed by atoms with Crippen LogP contribution in [0.25, 0.3) is 0 Å². The number of hydrogen-bond acceptors (Lipinski definition) is 2. The number of aryl methyl sites for hydroxylation is 3. The van der Waals surface area contributed by atoms with E-state index in [1.54, 1.807) is 7.05 Å². The van der Waals surface area contributed by atoms with Crippen LogP contribution in [0, 0.1) is 20.8 Å². The summed E-state index contributed by atoms with van der Waals surface area (Å²) in [5.74, 6) is -0.366. The molecule has 2 aromatic rings. The van der Waals surface area contributed by atoms with E-state index in [0.29, 0.717) is 5.56 Å². The van der Waals surface area contributed by atoms with Gasteiger partial charge in [-0.15, -0.1) is 0 Å². The first-order valence-electron chi connectivity index (χ1n) is 9.22. The van der Waals surface area contributed by atoms with Crippen molar-refractivity contribution >= 4 is 17.5 Å². The maximum Gasteiger partial charge on any atom is 0.254 e. The Morgan fingerprint density at radius 3 is 1.96 bits per heavy atom. The number of rotatable bonds is 4. The van der Waals surface area contributed by atoms with Crippen molar-refractivity contribution in [3.63, 3.8) is 0 Å². The minimum Gasteiger partial charge on any atom is -0.332 e. The third-order valence-corrected chi connectivity index (χ3v) is 4.67. The molecule has 0 radical (unpaired) electrons. The first-order chi connectivity index (χ1) is 12.5. The molecule has 27 heavy (non-hydrogen) atoms. The number of hydrogen-bond donors (Lipinski definition) is 1. The molecule has 0 aliphatic rings. The second-order valence-corrected chi connectivity index (χ2v) is 8.31. The fraction of sp³-hybridized carbons (Fsp3) is 0.391. The van der Waals surface area contributed by atoms with Gasteiger partial charge in [0.2, 0.25) is 5.91 Å². The van der Waals surface area contributed by atoms with Gasteiger partial charge in [0.05, 0.1) is 6.54 Å². The number of benzene rings is 2. The standard InChI is InChI=1S/C23H30N2O2/c1-15-12-16(2)21(17(3)13-15)24-20(26)14-25(7)22(27)18-8-10-19(11-9-18)23(4,5)6/h8-13H,14H2,1-7H3,(H,24,26). The van der Waals surface area contributed by atoms with Crippen molar-refractivity contribution in [3.05, 3.63) is 64.2 Å². The summed E-state index contributed by atoms with van der Waals surface area (Å²) < 4.78 is 0. The molecular formula is C23H30N2O2. The van der Waals surface area contributed by atoms with Gasteiger partial charge in [-0.2, -0.15) is 0 Å². The zero-order valence-electron chi connectivity index (χ0n) is 17.4. The van der Waals surface area contributed by atoms with E-state index < -0.39 is 0 Å². The monoisotopic (exact) mass is 366 g/mol. The lowest BCUT2D eigenvalue weighted by Crippen LogP contribution is -2.35. The fourth-order valence-corrected chi connectivity index (χ4v) is 3.18. The fourth-order valence-electron chi connectivity index (χ4n) is 3.18. The van der Waals surface area contributed by atoms with Crippen LogP contribution in [-0.4, -0.2) is 30.3 Å². The minimum absolute atomic E-state index is 0.00656. The van der Waals surface area contributed by atoms with Gasteiger partial charge >= 0.3 is 0 Å². The lowest BCUT2D eigenvalue weighted by atomic mass is 9.86. The van der Waals surface area contributed by atoms with Gasteiger partial charge in [-0.25, -0.2) is 0 Å². The highest BCUT2D eigenvalue weighted by Crippen LogP contribution is 2.23. The normalized spacial score (nSPS) is 11.2. The van der Waals surface area contributed by atoms with E-state index >= 15 is 0 Å². The molecular weight excluding hydrogens is 336 g/mol. The van der Waals surface area contributed by atoms with E-state index in [-0.39, 0.29) is 23.8 Å². The van der Waals surface area contributed by atoms with Crippen LogP contribution in [0.1, 0.15) is 53.4 Å². The Kier molecular flexibility index (Phi) is 6.09. The Balaban J connectivity index is 2.05. The average Bonchev–Trinajstić information content (AvgIpc) is 2.56. The molecule has 0 fully saturated rings. The second-order valence-electron chi connectivity index (χ2n) is 8.31. The van der Waals surface area contributed by atoms with Crippen LogP contribution < -0.4 is 5.32 Å². The van der Waals surface area contributed by atoms with E-state index in [4.69, 9.17) is 0 Å². The maximum absolute atomic E-state index is 12.6. The lowest BCUT2D eigenvalue weighted by Gasteiger charge is -2.21. The summed E-state index contributed by atoms with van der Waals surface area (Å²) in [4.78, 5) is 26.5. The predicted octanol–water partition coefficient (Wildman–Crippen LogP) is 4.62. The van der Waals surface area contributed by atoms with Gasteiger partial charge < -0.3 is 10.2 Å². The van der Waals surface area contributed by atoms with Crippen molar-refractivity contribution in [3.8, 4) is 0 Å². The zero-order valence-corrected chi connectivity index (χ0v) is 17.4. The van der Waals surface area contributed by atoms with E-state index in [0.717, 1.165) is 22.4 Å². The van der Waals surface area contributed by atoms with Crippen LogP contribution in [0.5, 0.6) is 0 Å². The predicted molar refractivity (Wildman–Crippen MR) is 111 cm³/mol. The molecule has 0 bridgehead atoms. The molecule has 2 aromatic carbocycles. The minimum atomic E-state index is -0.202. The van der Waals surface area contributed by atoms with Gasteiger partial charge in [-0.05, 0) is 55.0 Å². The van der Waals surface area contributed by atoms with Crippen LogP contribution in [0.15, 0.2) is 36.4 Å². The summed E-state index contributed by atoms with van der Waals surface area (Å²) in [5.41, 5.74) is 5.82. The van der Waals surface area contributed by atoms with E-state index in [1.165, 1.54) is 10.5 Å². The molecule has 0 heterocycles. The van der Waals surface area contributed by atoms with Crippen molar-refractivity contribution in [2.45, 2.75) is 47.0 Å². The molecule has 4 nitrogen and oxygen atoms in total. The lowest BCUT2D eigenvalue weighted by molar-refractivity contribution is -0.116. The first kappa shape index (κ1) is 20.7. The van der Waals surface area contributed by atoms with E-state index in [2.05, 4.69) is 26.1 Å². The maximum atomic E-state index is 12.6. The van der Waals surface area contributed by atoms with Crippen molar-refractivity contribution in [1.82, 2.24) is 4.90 Å². The molecule has 0 aliphatic heterocycles. The molecule has 144 valence electrons. The molecule has 0 aromatic heterocycles. The molecule has 0 aliphatic carbocycles. The highest BCUT2D eigenvalue weighted by atomic mass is 16.2. The summed E-state index contributed by atoms with van der Waals surface area (Å²) in [6.45, 7) is 12.4. The molecule has 2 amide bonds. The smallest absolute Gasteiger partial charge is 0.254 e. The van der Waals surface area contributed by atoms with Crippen LogP contribution in [0.3, 0.4) is 0 Å². The van der Waals surface area contributed by atoms with Crippen LogP contribution in [0.4, 0.5) is 5.69 Å². The van der Waals surface area contributed by atoms with Crippen LogP contribution in [-0.2, 0) is 10.2 Å². The topological polar surface area (TPSA) is 49.4 Å². The zero-order chi connectivity index (χ0) is 20.4. The number of nitrogens with one attached hydrogen (secondary N) is 1. The van der Waals surface area contributed by atoms with Gasteiger partial charge in [-0.1, -0.05) is 50.6 Å². The molecule has 0 spiro atoms. The Bertz CT molecular complexity index is 823. The van der Waals surface area contributed by atoms with E-state index in [9.17, 15) is 9.59 Å². The van der Waals surface area contributed by atoms with Crippen molar-refractivity contribution < 1.29 is 9.59 Å². The van der Waals surface area contributed by atoms with Crippen molar-refractivity contribution in [2.75, 3.05) is 18.9 Å². The summed E-state index contributed by atoms with van der Waals surface area (Å²) in [7, 11) is 1.65. The molecule has 0 saturated heterocycles. The summed E-state index contributed by atoms with van der Waals surface area (Å²) in [6.07, 6.45) is 0.